The van der Waals surface area contributed by atoms with Gasteiger partial charge in [0.25, 0.3) is 0 Å². The lowest BCUT2D eigenvalue weighted by molar-refractivity contribution is -0.149. The molecule has 0 spiro atoms. The fourth-order valence-electron chi connectivity index (χ4n) is 2.35. The molecular formula is C20H37NO6. The number of ether oxygens (including phenoxy) is 3. The highest BCUT2D eigenvalue weighted by Crippen LogP contribution is 2.09. The number of nitrogens with one attached hydrogen (secondary N) is 1. The molecule has 0 aromatic heterocycles. The number of amides is 1. The molecule has 0 aliphatic heterocycles. The standard InChI is InChI=1S/C20H37NO6/c1-6-8-9-10-11-12-13-17(22)26-15-14-16(18(23)25-7-2)21-19(24)27-20(3,4)5/h16H,6-15H2,1-5H3,(H,21,24)/t16-/m0/s1. The second-order valence-corrected chi connectivity index (χ2v) is 7.48. The van der Waals surface area contributed by atoms with Crippen LogP contribution in [0.2, 0.25) is 0 Å². The molecule has 1 atom stereocenters. The summed E-state index contributed by atoms with van der Waals surface area (Å²) in [5.41, 5.74) is -0.674. The first-order valence-electron chi connectivity index (χ1n) is 10.0. The molecule has 0 aromatic rings. The first-order valence-corrected chi connectivity index (χ1v) is 10.0. The summed E-state index contributed by atoms with van der Waals surface area (Å²) in [6.45, 7) is 9.28. The minimum absolute atomic E-state index is 0.0357. The van der Waals surface area contributed by atoms with E-state index in [1.54, 1.807) is 27.7 Å². The SMILES string of the molecule is CCCCCCCCC(=O)OCC[C@H](NC(=O)OC(C)(C)C)C(=O)OCC. The van der Waals surface area contributed by atoms with E-state index in [4.69, 9.17) is 14.2 Å². The van der Waals surface area contributed by atoms with Gasteiger partial charge in [-0.3, -0.25) is 4.79 Å². The summed E-state index contributed by atoms with van der Waals surface area (Å²) in [4.78, 5) is 35.6. The van der Waals surface area contributed by atoms with E-state index >= 15 is 0 Å². The van der Waals surface area contributed by atoms with Crippen molar-refractivity contribution in [3.05, 3.63) is 0 Å². The van der Waals surface area contributed by atoms with Crippen molar-refractivity contribution in [2.75, 3.05) is 13.2 Å². The zero-order valence-electron chi connectivity index (χ0n) is 17.6. The van der Waals surface area contributed by atoms with Crippen molar-refractivity contribution in [2.45, 2.75) is 97.6 Å². The van der Waals surface area contributed by atoms with Gasteiger partial charge in [-0.25, -0.2) is 9.59 Å². The molecule has 0 radical (unpaired) electrons. The van der Waals surface area contributed by atoms with Crippen LogP contribution >= 0.6 is 0 Å². The lowest BCUT2D eigenvalue weighted by atomic mass is 10.1. The number of hydrogen-bond donors (Lipinski definition) is 1. The van der Waals surface area contributed by atoms with Crippen molar-refractivity contribution < 1.29 is 28.6 Å². The monoisotopic (exact) mass is 387 g/mol. The first kappa shape index (κ1) is 25.2. The number of carbonyl (C=O) groups is 3. The van der Waals surface area contributed by atoms with Crippen LogP contribution in [-0.4, -0.2) is 42.9 Å². The fourth-order valence-corrected chi connectivity index (χ4v) is 2.35. The van der Waals surface area contributed by atoms with Gasteiger partial charge >= 0.3 is 18.0 Å². The first-order chi connectivity index (χ1) is 12.7. The fraction of sp³-hybridized carbons (Fsp3) is 0.850. The summed E-state index contributed by atoms with van der Waals surface area (Å²) in [7, 11) is 0. The molecule has 1 N–H and O–H groups in total. The molecule has 0 aliphatic carbocycles. The molecule has 0 saturated carbocycles. The Kier molecular flexibility index (Phi) is 13.3. The van der Waals surface area contributed by atoms with Crippen LogP contribution in [0.25, 0.3) is 0 Å². The van der Waals surface area contributed by atoms with Crippen molar-refractivity contribution >= 4 is 18.0 Å². The Morgan fingerprint density at radius 1 is 0.926 bits per heavy atom. The molecule has 0 aliphatic rings. The highest BCUT2D eigenvalue weighted by Gasteiger charge is 2.25. The Morgan fingerprint density at radius 3 is 2.15 bits per heavy atom. The molecule has 158 valence electrons. The van der Waals surface area contributed by atoms with Gasteiger partial charge in [0, 0.05) is 12.8 Å². The van der Waals surface area contributed by atoms with E-state index in [2.05, 4.69) is 12.2 Å². The van der Waals surface area contributed by atoms with E-state index in [1.807, 2.05) is 0 Å². The van der Waals surface area contributed by atoms with Crippen molar-refractivity contribution in [2.24, 2.45) is 0 Å². The predicted octanol–water partition coefficient (Wildman–Crippen LogP) is 4.13. The minimum atomic E-state index is -0.915. The van der Waals surface area contributed by atoms with Gasteiger partial charge in [-0.1, -0.05) is 39.0 Å². The normalized spacial score (nSPS) is 12.2. The zero-order valence-corrected chi connectivity index (χ0v) is 17.6. The zero-order chi connectivity index (χ0) is 20.7. The Hall–Kier alpha value is -1.79. The lowest BCUT2D eigenvalue weighted by Gasteiger charge is -2.22. The van der Waals surface area contributed by atoms with Gasteiger partial charge in [-0.05, 0) is 34.1 Å². The van der Waals surface area contributed by atoms with Crippen molar-refractivity contribution in [3.8, 4) is 0 Å². The van der Waals surface area contributed by atoms with Gasteiger partial charge in [0.2, 0.25) is 0 Å². The van der Waals surface area contributed by atoms with Crippen LogP contribution in [0.4, 0.5) is 4.79 Å². The highest BCUT2D eigenvalue weighted by molar-refractivity contribution is 5.81. The average Bonchev–Trinajstić information content (AvgIpc) is 2.55. The van der Waals surface area contributed by atoms with E-state index < -0.39 is 23.7 Å². The molecule has 0 aromatic carbocycles. The summed E-state index contributed by atoms with van der Waals surface area (Å²) in [6, 6.07) is -0.915. The second-order valence-electron chi connectivity index (χ2n) is 7.48. The van der Waals surface area contributed by atoms with Gasteiger partial charge in [0.05, 0.1) is 13.2 Å². The Labute approximate surface area is 163 Å². The number of carbonyl (C=O) groups excluding carboxylic acids is 3. The van der Waals surface area contributed by atoms with Crippen LogP contribution in [0.5, 0.6) is 0 Å². The predicted molar refractivity (Wildman–Crippen MR) is 103 cm³/mol. The third kappa shape index (κ3) is 15.0. The molecule has 7 nitrogen and oxygen atoms in total. The Balaban J connectivity index is 4.22. The quantitative estimate of drug-likeness (QED) is 0.290. The van der Waals surface area contributed by atoms with Gasteiger partial charge in [0.15, 0.2) is 0 Å². The Bertz CT molecular complexity index is 444. The largest absolute Gasteiger partial charge is 0.466 e. The molecule has 0 saturated heterocycles. The third-order valence-electron chi connectivity index (χ3n) is 3.67. The topological polar surface area (TPSA) is 90.9 Å². The summed E-state index contributed by atoms with van der Waals surface area (Å²) in [5, 5.41) is 2.48. The molecule has 0 fully saturated rings. The summed E-state index contributed by atoms with van der Waals surface area (Å²) in [5.74, 6) is -0.860. The maximum Gasteiger partial charge on any atom is 0.408 e. The van der Waals surface area contributed by atoms with E-state index in [1.165, 1.54) is 19.3 Å². The second kappa shape index (κ2) is 14.3. The van der Waals surface area contributed by atoms with Crippen LogP contribution in [0, 0.1) is 0 Å². The Morgan fingerprint density at radius 2 is 1.56 bits per heavy atom. The van der Waals surface area contributed by atoms with Crippen LogP contribution in [-0.2, 0) is 23.8 Å². The van der Waals surface area contributed by atoms with E-state index in [0.29, 0.717) is 6.42 Å². The highest BCUT2D eigenvalue weighted by atomic mass is 16.6. The van der Waals surface area contributed by atoms with E-state index in [0.717, 1.165) is 19.3 Å². The number of esters is 2. The van der Waals surface area contributed by atoms with E-state index in [9.17, 15) is 14.4 Å². The molecular weight excluding hydrogens is 350 g/mol. The molecule has 27 heavy (non-hydrogen) atoms. The van der Waals surface area contributed by atoms with Crippen molar-refractivity contribution in [3.63, 3.8) is 0 Å². The summed E-state index contributed by atoms with van der Waals surface area (Å²) < 4.78 is 15.3. The minimum Gasteiger partial charge on any atom is -0.466 e. The van der Waals surface area contributed by atoms with E-state index in [-0.39, 0.29) is 25.6 Å². The van der Waals surface area contributed by atoms with Crippen LogP contribution in [0.3, 0.4) is 0 Å². The van der Waals surface area contributed by atoms with Crippen LogP contribution in [0.15, 0.2) is 0 Å². The van der Waals surface area contributed by atoms with Crippen molar-refractivity contribution in [1.29, 1.82) is 0 Å². The molecule has 0 rings (SSSR count). The molecule has 0 heterocycles. The lowest BCUT2D eigenvalue weighted by Crippen LogP contribution is -2.45. The van der Waals surface area contributed by atoms with Gasteiger partial charge in [-0.15, -0.1) is 0 Å². The van der Waals surface area contributed by atoms with Gasteiger partial charge < -0.3 is 19.5 Å². The molecule has 7 heteroatoms. The average molecular weight is 388 g/mol. The van der Waals surface area contributed by atoms with Crippen LogP contribution in [0.1, 0.15) is 86.0 Å². The number of rotatable bonds is 13. The molecule has 0 bridgehead atoms. The maximum absolute atomic E-state index is 12.0. The van der Waals surface area contributed by atoms with Gasteiger partial charge in [0.1, 0.15) is 11.6 Å². The molecule has 0 unspecified atom stereocenters. The van der Waals surface area contributed by atoms with Gasteiger partial charge in [-0.2, -0.15) is 0 Å². The summed E-state index contributed by atoms with van der Waals surface area (Å²) in [6.07, 6.45) is 6.37. The third-order valence-corrected chi connectivity index (χ3v) is 3.67. The molecule has 1 amide bonds. The van der Waals surface area contributed by atoms with Crippen molar-refractivity contribution in [1.82, 2.24) is 5.32 Å². The number of alkyl carbamates (subject to hydrolysis) is 1. The summed E-state index contributed by atoms with van der Waals surface area (Å²) >= 11 is 0. The van der Waals surface area contributed by atoms with Crippen LogP contribution < -0.4 is 5.32 Å². The maximum atomic E-state index is 12.0. The number of unbranched alkanes of at least 4 members (excludes halogenated alkanes) is 5. The number of hydrogen-bond acceptors (Lipinski definition) is 6. The smallest absolute Gasteiger partial charge is 0.408 e.